The normalized spacial score (nSPS) is 10.9. The van der Waals surface area contributed by atoms with Crippen LogP contribution in [-0.4, -0.2) is 27.8 Å². The lowest BCUT2D eigenvalue weighted by atomic mass is 10.2. The van der Waals surface area contributed by atoms with Gasteiger partial charge in [0.1, 0.15) is 6.07 Å². The molecule has 0 saturated heterocycles. The van der Waals surface area contributed by atoms with E-state index in [1.807, 2.05) is 6.07 Å². The molecule has 0 aromatic heterocycles. The standard InChI is InChI=1S/C10H12ClN3O2S/c1-17(15,16)14-6-5-13-10-4-2-3-9(11)8(10)7-12/h2-4,13-14H,5-6H2,1H3. The number of sulfonamides is 1. The summed E-state index contributed by atoms with van der Waals surface area (Å²) in [7, 11) is -3.18. The third-order valence-corrected chi connectivity index (χ3v) is 2.97. The zero-order valence-corrected chi connectivity index (χ0v) is 10.8. The maximum Gasteiger partial charge on any atom is 0.208 e. The van der Waals surface area contributed by atoms with Gasteiger partial charge in [-0.25, -0.2) is 13.1 Å². The van der Waals surface area contributed by atoms with Gasteiger partial charge in [-0.15, -0.1) is 0 Å². The van der Waals surface area contributed by atoms with Crippen LogP contribution in [0.5, 0.6) is 0 Å². The summed E-state index contributed by atoms with van der Waals surface area (Å²) in [5, 5.41) is 12.2. The van der Waals surface area contributed by atoms with E-state index in [0.29, 0.717) is 22.8 Å². The van der Waals surface area contributed by atoms with E-state index in [1.165, 1.54) is 0 Å². The Hall–Kier alpha value is -1.29. The molecule has 0 fully saturated rings. The lowest BCUT2D eigenvalue weighted by molar-refractivity contribution is 0.589. The summed E-state index contributed by atoms with van der Waals surface area (Å²) in [4.78, 5) is 0. The van der Waals surface area contributed by atoms with E-state index in [-0.39, 0.29) is 6.54 Å². The zero-order valence-electron chi connectivity index (χ0n) is 9.20. The largest absolute Gasteiger partial charge is 0.383 e. The summed E-state index contributed by atoms with van der Waals surface area (Å²) >= 11 is 5.84. The van der Waals surface area contributed by atoms with Gasteiger partial charge in [0.05, 0.1) is 22.5 Å². The molecule has 92 valence electrons. The Balaban J connectivity index is 2.59. The number of benzene rings is 1. The Kier molecular flexibility index (Phi) is 4.75. The Morgan fingerprint density at radius 1 is 1.41 bits per heavy atom. The van der Waals surface area contributed by atoms with Gasteiger partial charge in [-0.2, -0.15) is 5.26 Å². The number of nitriles is 1. The van der Waals surface area contributed by atoms with Gasteiger partial charge in [-0.3, -0.25) is 0 Å². The third-order valence-electron chi connectivity index (χ3n) is 1.93. The summed E-state index contributed by atoms with van der Waals surface area (Å²) in [6, 6.07) is 7.04. The molecule has 0 aliphatic rings. The molecule has 0 radical (unpaired) electrons. The van der Waals surface area contributed by atoms with Gasteiger partial charge in [0.2, 0.25) is 10.0 Å². The fourth-order valence-electron chi connectivity index (χ4n) is 1.22. The van der Waals surface area contributed by atoms with E-state index in [1.54, 1.807) is 18.2 Å². The minimum Gasteiger partial charge on any atom is -0.383 e. The molecule has 0 atom stereocenters. The number of anilines is 1. The molecule has 17 heavy (non-hydrogen) atoms. The van der Waals surface area contributed by atoms with Crippen molar-refractivity contribution in [2.24, 2.45) is 0 Å². The Bertz CT molecular complexity index is 537. The summed E-state index contributed by atoms with van der Waals surface area (Å²) in [5.74, 6) is 0. The van der Waals surface area contributed by atoms with Crippen molar-refractivity contribution in [1.82, 2.24) is 4.72 Å². The first-order valence-electron chi connectivity index (χ1n) is 4.81. The van der Waals surface area contributed by atoms with E-state index in [2.05, 4.69) is 10.0 Å². The van der Waals surface area contributed by atoms with Crippen LogP contribution in [0.25, 0.3) is 0 Å². The molecule has 0 aliphatic carbocycles. The summed E-state index contributed by atoms with van der Waals surface area (Å²) in [6.45, 7) is 0.623. The second-order valence-electron chi connectivity index (χ2n) is 3.37. The zero-order chi connectivity index (χ0) is 12.9. The van der Waals surface area contributed by atoms with Crippen LogP contribution in [0.15, 0.2) is 18.2 Å². The van der Waals surface area contributed by atoms with Gasteiger partial charge in [-0.05, 0) is 12.1 Å². The number of nitrogens with zero attached hydrogens (tertiary/aromatic N) is 1. The van der Waals surface area contributed by atoms with Crippen molar-refractivity contribution in [2.75, 3.05) is 24.7 Å². The quantitative estimate of drug-likeness (QED) is 0.789. The van der Waals surface area contributed by atoms with Crippen molar-refractivity contribution in [1.29, 1.82) is 5.26 Å². The number of hydrogen-bond donors (Lipinski definition) is 2. The lowest BCUT2D eigenvalue weighted by Gasteiger charge is -2.09. The molecule has 0 spiro atoms. The van der Waals surface area contributed by atoms with Crippen molar-refractivity contribution in [3.63, 3.8) is 0 Å². The second kappa shape index (κ2) is 5.87. The minimum absolute atomic E-state index is 0.246. The number of halogens is 1. The molecule has 1 aromatic rings. The highest BCUT2D eigenvalue weighted by atomic mass is 35.5. The smallest absolute Gasteiger partial charge is 0.208 e. The maximum atomic E-state index is 10.8. The maximum absolute atomic E-state index is 10.8. The Morgan fingerprint density at radius 2 is 2.12 bits per heavy atom. The first-order chi connectivity index (χ1) is 7.94. The Morgan fingerprint density at radius 3 is 2.71 bits per heavy atom. The molecule has 0 amide bonds. The predicted octanol–water partition coefficient (Wildman–Crippen LogP) is 1.17. The lowest BCUT2D eigenvalue weighted by Crippen LogP contribution is -2.27. The highest BCUT2D eigenvalue weighted by Gasteiger charge is 2.05. The fourth-order valence-corrected chi connectivity index (χ4v) is 1.91. The number of hydrogen-bond acceptors (Lipinski definition) is 4. The summed E-state index contributed by atoms with van der Waals surface area (Å²) in [6.07, 6.45) is 1.09. The molecule has 0 aliphatic heterocycles. The van der Waals surface area contributed by atoms with Gasteiger partial charge in [-0.1, -0.05) is 17.7 Å². The molecule has 0 bridgehead atoms. The third kappa shape index (κ3) is 4.61. The molecule has 1 aromatic carbocycles. The van der Waals surface area contributed by atoms with Crippen molar-refractivity contribution in [3.8, 4) is 6.07 Å². The molecular weight excluding hydrogens is 262 g/mol. The van der Waals surface area contributed by atoms with Crippen molar-refractivity contribution in [2.45, 2.75) is 0 Å². The molecule has 0 saturated carbocycles. The van der Waals surface area contributed by atoms with Crippen LogP contribution in [0.1, 0.15) is 5.56 Å². The summed E-state index contributed by atoms with van der Waals surface area (Å²) < 4.78 is 24.0. The molecule has 7 heteroatoms. The number of nitrogens with one attached hydrogen (secondary N) is 2. The van der Waals surface area contributed by atoms with Gasteiger partial charge in [0, 0.05) is 13.1 Å². The van der Waals surface area contributed by atoms with Crippen LogP contribution in [-0.2, 0) is 10.0 Å². The van der Waals surface area contributed by atoms with Crippen LogP contribution in [0.2, 0.25) is 5.02 Å². The van der Waals surface area contributed by atoms with Crippen LogP contribution in [0, 0.1) is 11.3 Å². The van der Waals surface area contributed by atoms with Gasteiger partial charge >= 0.3 is 0 Å². The Labute approximate surface area is 105 Å². The van der Waals surface area contributed by atoms with E-state index in [9.17, 15) is 8.42 Å². The minimum atomic E-state index is -3.18. The van der Waals surface area contributed by atoms with E-state index in [4.69, 9.17) is 16.9 Å². The molecule has 2 N–H and O–H groups in total. The highest BCUT2D eigenvalue weighted by Crippen LogP contribution is 2.22. The van der Waals surface area contributed by atoms with E-state index >= 15 is 0 Å². The first kappa shape index (κ1) is 13.8. The topological polar surface area (TPSA) is 82.0 Å². The van der Waals surface area contributed by atoms with E-state index in [0.717, 1.165) is 6.26 Å². The van der Waals surface area contributed by atoms with Crippen molar-refractivity contribution >= 4 is 27.3 Å². The fraction of sp³-hybridized carbons (Fsp3) is 0.300. The molecule has 5 nitrogen and oxygen atoms in total. The second-order valence-corrected chi connectivity index (χ2v) is 5.61. The van der Waals surface area contributed by atoms with E-state index < -0.39 is 10.0 Å². The van der Waals surface area contributed by atoms with Crippen LogP contribution < -0.4 is 10.0 Å². The first-order valence-corrected chi connectivity index (χ1v) is 7.08. The summed E-state index contributed by atoms with van der Waals surface area (Å²) in [5.41, 5.74) is 0.948. The van der Waals surface area contributed by atoms with Gasteiger partial charge in [0.25, 0.3) is 0 Å². The van der Waals surface area contributed by atoms with Crippen LogP contribution in [0.4, 0.5) is 5.69 Å². The average molecular weight is 274 g/mol. The average Bonchev–Trinajstić information content (AvgIpc) is 2.23. The predicted molar refractivity (Wildman–Crippen MR) is 67.5 cm³/mol. The molecule has 0 unspecified atom stereocenters. The van der Waals surface area contributed by atoms with Crippen molar-refractivity contribution in [3.05, 3.63) is 28.8 Å². The highest BCUT2D eigenvalue weighted by molar-refractivity contribution is 7.88. The van der Waals surface area contributed by atoms with Gasteiger partial charge < -0.3 is 5.32 Å². The molecule has 0 heterocycles. The van der Waals surface area contributed by atoms with Crippen LogP contribution in [0.3, 0.4) is 0 Å². The van der Waals surface area contributed by atoms with Crippen LogP contribution >= 0.6 is 11.6 Å². The number of rotatable bonds is 5. The molecular formula is C10H12ClN3O2S. The van der Waals surface area contributed by atoms with Gasteiger partial charge in [0.15, 0.2) is 0 Å². The van der Waals surface area contributed by atoms with Crippen molar-refractivity contribution < 1.29 is 8.42 Å². The SMILES string of the molecule is CS(=O)(=O)NCCNc1cccc(Cl)c1C#N. The molecule has 1 rings (SSSR count). The monoisotopic (exact) mass is 273 g/mol.